The topological polar surface area (TPSA) is 50.8 Å². The van der Waals surface area contributed by atoms with Crippen LogP contribution >= 0.6 is 11.8 Å². The molecule has 168 valence electrons. The van der Waals surface area contributed by atoms with Crippen LogP contribution in [0.15, 0.2) is 82.6 Å². The second kappa shape index (κ2) is 10.3. The number of hydrogen-bond donors (Lipinski definition) is 1. The maximum Gasteiger partial charge on any atom is 0.185 e. The third-order valence-electron chi connectivity index (χ3n) is 5.73. The van der Waals surface area contributed by atoms with Crippen LogP contribution in [0.5, 0.6) is 5.75 Å². The van der Waals surface area contributed by atoms with Gasteiger partial charge in [-0.25, -0.2) is 0 Å². The molecule has 1 fully saturated rings. The Morgan fingerprint density at radius 2 is 1.79 bits per heavy atom. The molecular weight excluding hydrogens is 432 g/mol. The van der Waals surface area contributed by atoms with E-state index >= 15 is 0 Å². The molecule has 0 atom stereocenters. The molecule has 5 nitrogen and oxygen atoms in total. The van der Waals surface area contributed by atoms with Crippen LogP contribution in [0.1, 0.15) is 15.9 Å². The Morgan fingerprint density at radius 3 is 2.64 bits per heavy atom. The lowest BCUT2D eigenvalue weighted by atomic mass is 10.1. The Bertz CT molecular complexity index is 1150. The molecule has 0 spiro atoms. The normalized spacial score (nSPS) is 15.5. The Labute approximate surface area is 198 Å². The molecule has 0 aromatic heterocycles. The standard InChI is InChI=1S/C27H26N2O3S/c30-25(21-8-12-27-24(19-21)28-23-3-1-2-4-26(23)33-27)11-7-20-5-9-22(10-6-20)32-18-15-29-13-16-31-17-14-29/h1-12,19,28H,13-18H2/b11-7+. The number of rotatable bonds is 7. The molecule has 0 aliphatic carbocycles. The highest BCUT2D eigenvalue weighted by atomic mass is 32.2. The summed E-state index contributed by atoms with van der Waals surface area (Å²) in [5.74, 6) is 0.819. The fourth-order valence-electron chi connectivity index (χ4n) is 3.85. The number of para-hydroxylation sites is 1. The lowest BCUT2D eigenvalue weighted by Crippen LogP contribution is -2.38. The summed E-state index contributed by atoms with van der Waals surface area (Å²) in [6.45, 7) is 5.09. The van der Waals surface area contributed by atoms with Crippen LogP contribution in [0.2, 0.25) is 0 Å². The van der Waals surface area contributed by atoms with Crippen LogP contribution in [0.25, 0.3) is 6.08 Å². The molecule has 0 radical (unpaired) electrons. The second-order valence-electron chi connectivity index (χ2n) is 8.00. The molecule has 0 amide bonds. The van der Waals surface area contributed by atoms with Crippen molar-refractivity contribution >= 4 is 35.0 Å². The summed E-state index contributed by atoms with van der Waals surface area (Å²) in [6.07, 6.45) is 3.47. The average Bonchev–Trinajstić information content (AvgIpc) is 2.87. The number of benzene rings is 3. The Balaban J connectivity index is 1.16. The predicted octanol–water partition coefficient (Wildman–Crippen LogP) is 5.50. The lowest BCUT2D eigenvalue weighted by Gasteiger charge is -2.26. The highest BCUT2D eigenvalue weighted by Gasteiger charge is 2.16. The van der Waals surface area contributed by atoms with Crippen LogP contribution in [0.3, 0.4) is 0 Å². The summed E-state index contributed by atoms with van der Waals surface area (Å²) >= 11 is 1.72. The van der Waals surface area contributed by atoms with Crippen molar-refractivity contribution in [3.63, 3.8) is 0 Å². The SMILES string of the molecule is O=C(/C=C/c1ccc(OCCN2CCOCC2)cc1)c1ccc2c(c1)Nc1ccccc1S2. The zero-order valence-corrected chi connectivity index (χ0v) is 19.1. The molecule has 0 unspecified atom stereocenters. The van der Waals surface area contributed by atoms with E-state index in [0.717, 1.165) is 60.4 Å². The van der Waals surface area contributed by atoms with Gasteiger partial charge in [0.1, 0.15) is 12.4 Å². The third kappa shape index (κ3) is 5.47. The van der Waals surface area contributed by atoms with Crippen LogP contribution in [-0.4, -0.2) is 50.1 Å². The van der Waals surface area contributed by atoms with Crippen molar-refractivity contribution in [1.82, 2.24) is 4.90 Å². The van der Waals surface area contributed by atoms with Crippen molar-refractivity contribution in [2.45, 2.75) is 9.79 Å². The molecule has 1 N–H and O–H groups in total. The molecule has 1 saturated heterocycles. The summed E-state index contributed by atoms with van der Waals surface area (Å²) in [7, 11) is 0. The zero-order chi connectivity index (χ0) is 22.5. The number of fused-ring (bicyclic) bond motifs is 2. The van der Waals surface area contributed by atoms with E-state index in [1.54, 1.807) is 17.8 Å². The van der Waals surface area contributed by atoms with Crippen LogP contribution in [0.4, 0.5) is 11.4 Å². The summed E-state index contributed by atoms with van der Waals surface area (Å²) in [5, 5.41) is 3.43. The van der Waals surface area contributed by atoms with Crippen molar-refractivity contribution in [3.05, 3.63) is 83.9 Å². The van der Waals surface area contributed by atoms with E-state index in [1.165, 1.54) is 4.90 Å². The number of allylic oxidation sites excluding steroid dienone is 1. The van der Waals surface area contributed by atoms with Gasteiger partial charge in [-0.05, 0) is 54.1 Å². The van der Waals surface area contributed by atoms with Gasteiger partial charge in [0.05, 0.1) is 24.6 Å². The van der Waals surface area contributed by atoms with E-state index in [2.05, 4.69) is 22.3 Å². The highest BCUT2D eigenvalue weighted by Crippen LogP contribution is 2.44. The first-order chi connectivity index (χ1) is 16.2. The third-order valence-corrected chi connectivity index (χ3v) is 6.88. The van der Waals surface area contributed by atoms with Gasteiger partial charge in [0.15, 0.2) is 5.78 Å². The minimum Gasteiger partial charge on any atom is -0.492 e. The zero-order valence-electron chi connectivity index (χ0n) is 18.3. The van der Waals surface area contributed by atoms with Crippen molar-refractivity contribution in [2.24, 2.45) is 0 Å². The van der Waals surface area contributed by atoms with E-state index in [9.17, 15) is 4.79 Å². The van der Waals surface area contributed by atoms with E-state index in [4.69, 9.17) is 9.47 Å². The van der Waals surface area contributed by atoms with Gasteiger partial charge in [0, 0.05) is 35.0 Å². The maximum absolute atomic E-state index is 12.7. The molecule has 5 rings (SSSR count). The Hall–Kier alpha value is -3.06. The van der Waals surface area contributed by atoms with Gasteiger partial charge in [-0.2, -0.15) is 0 Å². The van der Waals surface area contributed by atoms with Gasteiger partial charge in [0.25, 0.3) is 0 Å². The Morgan fingerprint density at radius 1 is 1.00 bits per heavy atom. The van der Waals surface area contributed by atoms with Gasteiger partial charge in [-0.15, -0.1) is 0 Å². The first-order valence-electron chi connectivity index (χ1n) is 11.2. The number of carbonyl (C=O) groups excluding carboxylic acids is 1. The quantitative estimate of drug-likeness (QED) is 0.291. The van der Waals surface area contributed by atoms with E-state index in [-0.39, 0.29) is 5.78 Å². The minimum atomic E-state index is -0.0192. The highest BCUT2D eigenvalue weighted by molar-refractivity contribution is 7.99. The largest absolute Gasteiger partial charge is 0.492 e. The lowest BCUT2D eigenvalue weighted by molar-refractivity contribution is 0.0322. The fourth-order valence-corrected chi connectivity index (χ4v) is 4.82. The van der Waals surface area contributed by atoms with Crippen molar-refractivity contribution < 1.29 is 14.3 Å². The number of ether oxygens (including phenoxy) is 2. The second-order valence-corrected chi connectivity index (χ2v) is 9.09. The predicted molar refractivity (Wildman–Crippen MR) is 133 cm³/mol. The summed E-state index contributed by atoms with van der Waals surface area (Å²) < 4.78 is 11.2. The molecule has 6 heteroatoms. The fraction of sp³-hybridized carbons (Fsp3) is 0.222. The van der Waals surface area contributed by atoms with Gasteiger partial charge in [-0.1, -0.05) is 42.1 Å². The summed E-state index contributed by atoms with van der Waals surface area (Å²) in [5.41, 5.74) is 3.67. The van der Waals surface area contributed by atoms with Crippen LogP contribution < -0.4 is 10.1 Å². The van der Waals surface area contributed by atoms with Crippen molar-refractivity contribution in [1.29, 1.82) is 0 Å². The molecule has 2 aliphatic rings. The number of ketones is 1. The number of anilines is 2. The van der Waals surface area contributed by atoms with E-state index in [1.807, 2.05) is 60.7 Å². The van der Waals surface area contributed by atoms with Crippen LogP contribution in [-0.2, 0) is 4.74 Å². The van der Waals surface area contributed by atoms with Crippen LogP contribution in [0, 0.1) is 0 Å². The van der Waals surface area contributed by atoms with E-state index in [0.29, 0.717) is 12.2 Å². The summed E-state index contributed by atoms with van der Waals surface area (Å²) in [6, 6.07) is 21.8. The average molecular weight is 459 g/mol. The summed E-state index contributed by atoms with van der Waals surface area (Å²) in [4.78, 5) is 17.4. The molecular formula is C27H26N2O3S. The molecule has 3 aromatic carbocycles. The molecule has 33 heavy (non-hydrogen) atoms. The first kappa shape index (κ1) is 21.8. The van der Waals surface area contributed by atoms with Gasteiger partial charge in [0.2, 0.25) is 0 Å². The monoisotopic (exact) mass is 458 g/mol. The minimum absolute atomic E-state index is 0.0192. The smallest absolute Gasteiger partial charge is 0.185 e. The van der Waals surface area contributed by atoms with E-state index < -0.39 is 0 Å². The van der Waals surface area contributed by atoms with Gasteiger partial charge >= 0.3 is 0 Å². The maximum atomic E-state index is 12.7. The number of nitrogens with one attached hydrogen (secondary N) is 1. The molecule has 0 bridgehead atoms. The van der Waals surface area contributed by atoms with Crippen molar-refractivity contribution in [2.75, 3.05) is 44.8 Å². The number of morpholine rings is 1. The molecule has 0 saturated carbocycles. The number of carbonyl (C=O) groups is 1. The van der Waals surface area contributed by atoms with Crippen molar-refractivity contribution in [3.8, 4) is 5.75 Å². The molecule has 2 aliphatic heterocycles. The van der Waals surface area contributed by atoms with Gasteiger partial charge in [-0.3, -0.25) is 9.69 Å². The first-order valence-corrected chi connectivity index (χ1v) is 12.0. The number of nitrogens with zero attached hydrogens (tertiary/aromatic N) is 1. The molecule has 3 aromatic rings. The molecule has 2 heterocycles. The Kier molecular flexibility index (Phi) is 6.76. The van der Waals surface area contributed by atoms with Gasteiger partial charge < -0.3 is 14.8 Å². The number of hydrogen-bond acceptors (Lipinski definition) is 6.